The third-order valence-electron chi connectivity index (χ3n) is 2.10. The largest absolute Gasteiger partial charge is 0.165 e. The van der Waals surface area contributed by atoms with Gasteiger partial charge in [-0.3, -0.25) is 0 Å². The summed E-state index contributed by atoms with van der Waals surface area (Å²) in [5, 5.41) is 0. The quantitative estimate of drug-likeness (QED) is 0.657. The van der Waals surface area contributed by atoms with Gasteiger partial charge in [0.1, 0.15) is 0 Å². The van der Waals surface area contributed by atoms with E-state index in [0.717, 1.165) is 11.8 Å². The van der Waals surface area contributed by atoms with Gasteiger partial charge in [-0.25, -0.2) is 0 Å². The normalized spacial score (nSPS) is 16.9. The molecule has 0 rings (SSSR count). The number of halogens is 1. The molecule has 0 aromatic rings. The minimum absolute atomic E-state index is 0.662. The van der Waals surface area contributed by atoms with Crippen LogP contribution in [0.4, 0.5) is 0 Å². The molecule has 0 spiro atoms. The maximum Gasteiger partial charge on any atom is 0.0148 e. The first kappa shape index (κ1) is 11.8. The van der Waals surface area contributed by atoms with Gasteiger partial charge in [0.2, 0.25) is 0 Å². The summed E-state index contributed by atoms with van der Waals surface area (Å²) in [6.07, 6.45) is 3.52. The predicted molar refractivity (Wildman–Crippen MR) is 59.7 cm³/mol. The van der Waals surface area contributed by atoms with Crippen LogP contribution in [0, 0.1) is 11.8 Å². The molecule has 0 aromatic carbocycles. The molecule has 0 amide bonds. The molecule has 0 heterocycles. The van der Waals surface area contributed by atoms with E-state index in [4.69, 9.17) is 0 Å². The van der Waals surface area contributed by atoms with Crippen LogP contribution in [0.15, 0.2) is 0 Å². The van der Waals surface area contributed by atoms with Crippen LogP contribution in [-0.4, -0.2) is 16.8 Å². The van der Waals surface area contributed by atoms with E-state index in [9.17, 15) is 0 Å². The second-order valence-corrected chi connectivity index (χ2v) is 5.80. The topological polar surface area (TPSA) is 0 Å². The van der Waals surface area contributed by atoms with Gasteiger partial charge in [0.25, 0.3) is 0 Å². The minimum atomic E-state index is 0.662. The van der Waals surface area contributed by atoms with Crippen molar-refractivity contribution in [1.82, 2.24) is 0 Å². The molecule has 0 bridgehead atoms. The van der Waals surface area contributed by atoms with Gasteiger partial charge < -0.3 is 0 Å². The van der Waals surface area contributed by atoms with Crippen molar-refractivity contribution in [2.75, 3.05) is 12.0 Å². The van der Waals surface area contributed by atoms with Crippen molar-refractivity contribution >= 4 is 27.7 Å². The SMILES string of the molecule is CSCCC(C(C)C)C(C)Br. The molecule has 0 N–H and O–H groups in total. The lowest BCUT2D eigenvalue weighted by Crippen LogP contribution is -2.18. The summed E-state index contributed by atoms with van der Waals surface area (Å²) < 4.78 is 0. The van der Waals surface area contributed by atoms with Crippen molar-refractivity contribution in [3.63, 3.8) is 0 Å². The number of hydrogen-bond donors (Lipinski definition) is 0. The van der Waals surface area contributed by atoms with Gasteiger partial charge in [-0.15, -0.1) is 0 Å². The lowest BCUT2D eigenvalue weighted by atomic mass is 9.91. The van der Waals surface area contributed by atoms with Crippen LogP contribution in [0.5, 0.6) is 0 Å². The van der Waals surface area contributed by atoms with Gasteiger partial charge in [0.05, 0.1) is 0 Å². The van der Waals surface area contributed by atoms with Crippen molar-refractivity contribution in [2.24, 2.45) is 11.8 Å². The van der Waals surface area contributed by atoms with Crippen molar-refractivity contribution in [2.45, 2.75) is 32.0 Å². The molecule has 0 aliphatic heterocycles. The number of hydrogen-bond acceptors (Lipinski definition) is 1. The zero-order valence-corrected chi connectivity index (χ0v) is 10.3. The number of rotatable bonds is 5. The molecule has 2 atom stereocenters. The van der Waals surface area contributed by atoms with Crippen molar-refractivity contribution in [1.29, 1.82) is 0 Å². The predicted octanol–water partition coefficient (Wildman–Crippen LogP) is 3.80. The summed E-state index contributed by atoms with van der Waals surface area (Å²) in [5.41, 5.74) is 0. The molecular formula is C9H19BrS. The van der Waals surface area contributed by atoms with Crippen LogP contribution < -0.4 is 0 Å². The van der Waals surface area contributed by atoms with Crippen LogP contribution in [0.25, 0.3) is 0 Å². The van der Waals surface area contributed by atoms with E-state index in [1.165, 1.54) is 12.2 Å². The smallest absolute Gasteiger partial charge is 0.0148 e. The molecule has 0 radical (unpaired) electrons. The van der Waals surface area contributed by atoms with E-state index < -0.39 is 0 Å². The summed E-state index contributed by atoms with van der Waals surface area (Å²) >= 11 is 5.61. The Morgan fingerprint density at radius 2 is 1.82 bits per heavy atom. The maximum absolute atomic E-state index is 3.66. The molecule has 0 aromatic heterocycles. The lowest BCUT2D eigenvalue weighted by molar-refractivity contribution is 0.377. The Balaban J connectivity index is 3.70. The summed E-state index contributed by atoms with van der Waals surface area (Å²) in [6.45, 7) is 6.87. The second kappa shape index (κ2) is 6.36. The molecular weight excluding hydrogens is 220 g/mol. The average Bonchev–Trinajstić information content (AvgIpc) is 1.87. The third-order valence-corrected chi connectivity index (χ3v) is 3.42. The first-order valence-corrected chi connectivity index (χ1v) is 6.53. The van der Waals surface area contributed by atoms with E-state index in [0.29, 0.717) is 4.83 Å². The Bertz CT molecular complexity index is 83.6. The molecule has 11 heavy (non-hydrogen) atoms. The maximum atomic E-state index is 3.66. The molecule has 2 unspecified atom stereocenters. The highest BCUT2D eigenvalue weighted by Crippen LogP contribution is 2.25. The van der Waals surface area contributed by atoms with Gasteiger partial charge in [-0.05, 0) is 30.3 Å². The van der Waals surface area contributed by atoms with Gasteiger partial charge >= 0.3 is 0 Å². The van der Waals surface area contributed by atoms with Crippen molar-refractivity contribution in [3.8, 4) is 0 Å². The van der Waals surface area contributed by atoms with E-state index in [1.807, 2.05) is 11.8 Å². The molecule has 0 aliphatic carbocycles. The summed E-state index contributed by atoms with van der Waals surface area (Å²) in [7, 11) is 0. The molecule has 0 fully saturated rings. The van der Waals surface area contributed by atoms with Crippen LogP contribution in [0.2, 0.25) is 0 Å². The Morgan fingerprint density at radius 1 is 1.27 bits per heavy atom. The van der Waals surface area contributed by atoms with Crippen molar-refractivity contribution in [3.05, 3.63) is 0 Å². The minimum Gasteiger partial charge on any atom is -0.165 e. The average molecular weight is 239 g/mol. The van der Waals surface area contributed by atoms with Crippen LogP contribution >= 0.6 is 27.7 Å². The van der Waals surface area contributed by atoms with Crippen LogP contribution in [0.1, 0.15) is 27.2 Å². The van der Waals surface area contributed by atoms with Gasteiger partial charge in [-0.2, -0.15) is 11.8 Å². The summed E-state index contributed by atoms with van der Waals surface area (Å²) in [4.78, 5) is 0.662. The Morgan fingerprint density at radius 3 is 2.09 bits per heavy atom. The van der Waals surface area contributed by atoms with E-state index in [1.54, 1.807) is 0 Å². The van der Waals surface area contributed by atoms with Crippen LogP contribution in [0.3, 0.4) is 0 Å². The second-order valence-electron chi connectivity index (χ2n) is 3.37. The van der Waals surface area contributed by atoms with E-state index in [-0.39, 0.29) is 0 Å². The standard InChI is InChI=1S/C9H19BrS/c1-7(2)9(8(3)10)5-6-11-4/h7-9H,5-6H2,1-4H3. The Kier molecular flexibility index (Phi) is 6.84. The fourth-order valence-electron chi connectivity index (χ4n) is 1.35. The van der Waals surface area contributed by atoms with Gasteiger partial charge in [0.15, 0.2) is 0 Å². The number of alkyl halides is 1. The van der Waals surface area contributed by atoms with E-state index >= 15 is 0 Å². The lowest BCUT2D eigenvalue weighted by Gasteiger charge is -2.22. The summed E-state index contributed by atoms with van der Waals surface area (Å²) in [6, 6.07) is 0. The fourth-order valence-corrected chi connectivity index (χ4v) is 2.73. The van der Waals surface area contributed by atoms with E-state index in [2.05, 4.69) is 43.0 Å². The molecule has 0 nitrogen and oxygen atoms in total. The highest BCUT2D eigenvalue weighted by Gasteiger charge is 2.17. The highest BCUT2D eigenvalue weighted by atomic mass is 79.9. The monoisotopic (exact) mass is 238 g/mol. The Labute approximate surface area is 83.6 Å². The first-order chi connectivity index (χ1) is 5.09. The summed E-state index contributed by atoms with van der Waals surface area (Å²) in [5.74, 6) is 2.93. The fraction of sp³-hybridized carbons (Fsp3) is 1.00. The Hall–Kier alpha value is 0.830. The highest BCUT2D eigenvalue weighted by molar-refractivity contribution is 9.09. The van der Waals surface area contributed by atoms with Gasteiger partial charge in [0, 0.05) is 4.83 Å². The van der Waals surface area contributed by atoms with Crippen molar-refractivity contribution < 1.29 is 0 Å². The zero-order chi connectivity index (χ0) is 8.85. The third kappa shape index (κ3) is 5.13. The molecule has 0 saturated carbocycles. The molecule has 0 aliphatic rings. The number of thioether (sulfide) groups is 1. The van der Waals surface area contributed by atoms with Gasteiger partial charge in [-0.1, -0.05) is 36.7 Å². The molecule has 0 saturated heterocycles. The molecule has 2 heteroatoms. The molecule has 68 valence electrons. The van der Waals surface area contributed by atoms with Crippen LogP contribution in [-0.2, 0) is 0 Å². The zero-order valence-electron chi connectivity index (χ0n) is 7.93. The first-order valence-electron chi connectivity index (χ1n) is 4.22.